The molecule has 12 nitrogen and oxygen atoms in total. The molecule has 0 radical (unpaired) electrons. The lowest BCUT2D eigenvalue weighted by Crippen LogP contribution is -2.57. The van der Waals surface area contributed by atoms with Gasteiger partial charge in [0.1, 0.15) is 23.9 Å². The minimum absolute atomic E-state index is 0.0562. The second-order valence-corrected chi connectivity index (χ2v) is 10.3. The number of carbonyl (C=O) groups is 4. The summed E-state index contributed by atoms with van der Waals surface area (Å²) in [6, 6.07) is 2.66. The van der Waals surface area contributed by atoms with E-state index < -0.39 is 47.8 Å². The molecular formula is C27H47N7O5. The summed E-state index contributed by atoms with van der Waals surface area (Å²) in [7, 11) is 0. The molecule has 0 spiro atoms. The first-order valence-electron chi connectivity index (χ1n) is 13.6. The van der Waals surface area contributed by atoms with Crippen LogP contribution < -0.4 is 38.9 Å². The highest BCUT2D eigenvalue weighted by molar-refractivity contribution is 5.94. The number of hydrogen-bond donors (Lipinski definition) is 8. The Kier molecular flexibility index (Phi) is 15.7. The van der Waals surface area contributed by atoms with Gasteiger partial charge in [-0.3, -0.25) is 19.2 Å². The zero-order valence-electron chi connectivity index (χ0n) is 23.2. The molecule has 0 aliphatic rings. The van der Waals surface area contributed by atoms with E-state index in [-0.39, 0.29) is 18.1 Å². The van der Waals surface area contributed by atoms with E-state index >= 15 is 0 Å². The van der Waals surface area contributed by atoms with Crippen LogP contribution in [0.2, 0.25) is 0 Å². The third kappa shape index (κ3) is 13.4. The van der Waals surface area contributed by atoms with Crippen molar-refractivity contribution < 1.29 is 24.3 Å². The molecule has 1 aromatic rings. The van der Waals surface area contributed by atoms with Gasteiger partial charge in [0.2, 0.25) is 23.6 Å². The Balaban J connectivity index is 2.95. The minimum atomic E-state index is -0.947. The molecule has 0 aliphatic heterocycles. The van der Waals surface area contributed by atoms with Crippen molar-refractivity contribution in [1.82, 2.24) is 16.0 Å². The Hall–Kier alpha value is -3.22. The van der Waals surface area contributed by atoms with Crippen LogP contribution in [-0.2, 0) is 25.6 Å². The monoisotopic (exact) mass is 549 g/mol. The van der Waals surface area contributed by atoms with E-state index in [0.717, 1.165) is 5.56 Å². The van der Waals surface area contributed by atoms with Crippen LogP contribution in [0.1, 0.15) is 64.4 Å². The molecule has 1 aromatic carbocycles. The topological polar surface area (TPSA) is 229 Å². The summed E-state index contributed by atoms with van der Waals surface area (Å²) in [6.07, 6.45) is 3.69. The predicted octanol–water partition coefficient (Wildman–Crippen LogP) is -0.494. The van der Waals surface area contributed by atoms with Crippen molar-refractivity contribution in [2.45, 2.75) is 89.4 Å². The summed E-state index contributed by atoms with van der Waals surface area (Å²) in [5.41, 5.74) is 23.4. The average Bonchev–Trinajstić information content (AvgIpc) is 2.88. The number of phenols is 1. The molecule has 4 amide bonds. The molecule has 4 atom stereocenters. The molecule has 0 saturated carbocycles. The number of benzene rings is 1. The smallest absolute Gasteiger partial charge is 0.243 e. The van der Waals surface area contributed by atoms with E-state index in [0.29, 0.717) is 58.0 Å². The van der Waals surface area contributed by atoms with Gasteiger partial charge in [0.15, 0.2) is 0 Å². The largest absolute Gasteiger partial charge is 0.508 e. The fourth-order valence-electron chi connectivity index (χ4n) is 4.04. The Morgan fingerprint density at radius 3 is 1.77 bits per heavy atom. The third-order valence-electron chi connectivity index (χ3n) is 6.26. The molecule has 12 heteroatoms. The second-order valence-electron chi connectivity index (χ2n) is 10.3. The normalized spacial score (nSPS) is 14.2. The van der Waals surface area contributed by atoms with Gasteiger partial charge in [0, 0.05) is 0 Å². The Morgan fingerprint density at radius 2 is 1.26 bits per heavy atom. The molecule has 0 bridgehead atoms. The lowest BCUT2D eigenvalue weighted by atomic mass is 10.00. The Labute approximate surface area is 231 Å². The molecular weight excluding hydrogens is 502 g/mol. The van der Waals surface area contributed by atoms with Crippen molar-refractivity contribution in [2.75, 3.05) is 13.1 Å². The van der Waals surface area contributed by atoms with Crippen molar-refractivity contribution in [3.8, 4) is 5.75 Å². The number of carbonyl (C=O) groups excluding carboxylic acids is 4. The molecule has 0 saturated heterocycles. The first kappa shape index (κ1) is 33.8. The van der Waals surface area contributed by atoms with Crippen molar-refractivity contribution in [1.29, 1.82) is 0 Å². The molecule has 1 rings (SSSR count). The van der Waals surface area contributed by atoms with Gasteiger partial charge in [-0.25, -0.2) is 0 Å². The molecule has 220 valence electrons. The quantitative estimate of drug-likeness (QED) is 0.105. The summed E-state index contributed by atoms with van der Waals surface area (Å²) in [6.45, 7) is 4.70. The van der Waals surface area contributed by atoms with Crippen LogP contribution in [-0.4, -0.2) is 66.0 Å². The first-order chi connectivity index (χ1) is 18.5. The van der Waals surface area contributed by atoms with Crippen LogP contribution >= 0.6 is 0 Å². The van der Waals surface area contributed by atoms with Gasteiger partial charge in [0.25, 0.3) is 0 Å². The van der Waals surface area contributed by atoms with Gasteiger partial charge >= 0.3 is 0 Å². The van der Waals surface area contributed by atoms with Crippen LogP contribution in [0.3, 0.4) is 0 Å². The molecule has 0 aliphatic carbocycles. The maximum absolute atomic E-state index is 13.3. The molecule has 39 heavy (non-hydrogen) atoms. The number of unbranched alkanes of at least 4 members (excludes halogenated alkanes) is 2. The number of rotatable bonds is 19. The molecule has 0 heterocycles. The van der Waals surface area contributed by atoms with Crippen LogP contribution in [0, 0.1) is 5.92 Å². The summed E-state index contributed by atoms with van der Waals surface area (Å²) in [5, 5.41) is 17.6. The maximum atomic E-state index is 13.3. The average molecular weight is 550 g/mol. The van der Waals surface area contributed by atoms with Crippen LogP contribution in [0.25, 0.3) is 0 Å². The van der Waals surface area contributed by atoms with Gasteiger partial charge in [-0.15, -0.1) is 0 Å². The van der Waals surface area contributed by atoms with E-state index in [9.17, 15) is 24.3 Å². The number of hydrogen-bond acceptors (Lipinski definition) is 8. The molecule has 0 unspecified atom stereocenters. The van der Waals surface area contributed by atoms with Crippen molar-refractivity contribution in [3.63, 3.8) is 0 Å². The van der Waals surface area contributed by atoms with E-state index in [1.165, 1.54) is 12.1 Å². The van der Waals surface area contributed by atoms with E-state index in [4.69, 9.17) is 22.9 Å². The SMILES string of the molecule is CC(C)C[C@H](NC(=O)[C@@H](N)Cc1ccc(O)cc1)C(=O)N[C@@H](CCCCN)C(=O)N[C@@H](CCCCN)C(N)=O. The molecule has 0 fully saturated rings. The number of phenolic OH excluding ortho intramolecular Hbond substituents is 1. The number of primary amides is 1. The van der Waals surface area contributed by atoms with E-state index in [1.807, 2.05) is 13.8 Å². The van der Waals surface area contributed by atoms with Gasteiger partial charge in [0.05, 0.1) is 6.04 Å². The molecule has 0 aromatic heterocycles. The van der Waals surface area contributed by atoms with Gasteiger partial charge in [-0.05, 0) is 88.1 Å². The zero-order valence-corrected chi connectivity index (χ0v) is 23.2. The minimum Gasteiger partial charge on any atom is -0.508 e. The van der Waals surface area contributed by atoms with Crippen molar-refractivity contribution in [2.24, 2.45) is 28.9 Å². The second kappa shape index (κ2) is 18.1. The van der Waals surface area contributed by atoms with Crippen LogP contribution in [0.4, 0.5) is 0 Å². The van der Waals surface area contributed by atoms with E-state index in [2.05, 4.69) is 16.0 Å². The summed E-state index contributed by atoms with van der Waals surface area (Å²) < 4.78 is 0. The summed E-state index contributed by atoms with van der Waals surface area (Å²) in [4.78, 5) is 51.2. The third-order valence-corrected chi connectivity index (χ3v) is 6.26. The number of aromatic hydroxyl groups is 1. The van der Waals surface area contributed by atoms with Crippen molar-refractivity contribution >= 4 is 23.6 Å². The Morgan fingerprint density at radius 1 is 0.769 bits per heavy atom. The van der Waals surface area contributed by atoms with Gasteiger partial charge in [-0.2, -0.15) is 0 Å². The highest BCUT2D eigenvalue weighted by atomic mass is 16.3. The number of nitrogens with two attached hydrogens (primary N) is 4. The molecule has 12 N–H and O–H groups in total. The van der Waals surface area contributed by atoms with Gasteiger partial charge in [-0.1, -0.05) is 26.0 Å². The highest BCUT2D eigenvalue weighted by Gasteiger charge is 2.30. The maximum Gasteiger partial charge on any atom is 0.243 e. The van der Waals surface area contributed by atoms with Crippen LogP contribution in [0.15, 0.2) is 24.3 Å². The van der Waals surface area contributed by atoms with E-state index in [1.54, 1.807) is 12.1 Å². The predicted molar refractivity (Wildman–Crippen MR) is 150 cm³/mol. The number of nitrogens with one attached hydrogen (secondary N) is 3. The highest BCUT2D eigenvalue weighted by Crippen LogP contribution is 2.12. The fraction of sp³-hybridized carbons (Fsp3) is 0.630. The lowest BCUT2D eigenvalue weighted by molar-refractivity contribution is -0.134. The van der Waals surface area contributed by atoms with Gasteiger partial charge < -0.3 is 44.0 Å². The standard InChI is InChI=1S/C27H47N7O5/c1-17(2)15-23(34-25(37)20(30)16-18-9-11-19(35)12-10-18)27(39)33-22(8-4-6-14-29)26(38)32-21(24(31)36)7-3-5-13-28/h9-12,17,20-23,35H,3-8,13-16,28-30H2,1-2H3,(H2,31,36)(H,32,38)(H,33,39)(H,34,37)/t20-,21-,22-,23-/m0/s1. The van der Waals surface area contributed by atoms with Crippen molar-refractivity contribution in [3.05, 3.63) is 29.8 Å². The summed E-state index contributed by atoms with van der Waals surface area (Å²) in [5.74, 6) is -2.08. The zero-order chi connectivity index (χ0) is 29.4. The lowest BCUT2D eigenvalue weighted by Gasteiger charge is -2.26. The number of amides is 4. The first-order valence-corrected chi connectivity index (χ1v) is 13.6. The Bertz CT molecular complexity index is 910. The van der Waals surface area contributed by atoms with Crippen LogP contribution in [0.5, 0.6) is 5.75 Å². The summed E-state index contributed by atoms with van der Waals surface area (Å²) >= 11 is 0. The fourth-order valence-corrected chi connectivity index (χ4v) is 4.04.